The fraction of sp³-hybridized carbons (Fsp3) is 0.727. The zero-order chi connectivity index (χ0) is 11.8. The second kappa shape index (κ2) is 4.27. The molecule has 3 heterocycles. The van der Waals surface area contributed by atoms with Crippen molar-refractivity contribution in [1.29, 1.82) is 0 Å². The van der Waals surface area contributed by atoms with Crippen molar-refractivity contribution < 1.29 is 9.13 Å². The highest BCUT2D eigenvalue weighted by atomic mass is 19.1. The van der Waals surface area contributed by atoms with Crippen LogP contribution in [0.2, 0.25) is 0 Å². The number of nitrogens with zero attached hydrogens (tertiary/aromatic N) is 3. The van der Waals surface area contributed by atoms with Gasteiger partial charge in [0.15, 0.2) is 0 Å². The summed E-state index contributed by atoms with van der Waals surface area (Å²) in [6.07, 6.45) is 3.17. The predicted octanol–water partition coefficient (Wildman–Crippen LogP) is 0.449. The zero-order valence-electron chi connectivity index (χ0n) is 9.63. The second-order valence-corrected chi connectivity index (χ2v) is 4.81. The molecule has 0 amide bonds. The summed E-state index contributed by atoms with van der Waals surface area (Å²) in [5, 5.41) is 4.10. The Morgan fingerprint density at radius 2 is 2.29 bits per heavy atom. The first kappa shape index (κ1) is 11.0. The molecule has 94 valence electrons. The van der Waals surface area contributed by atoms with Crippen LogP contribution in [0.25, 0.3) is 0 Å². The van der Waals surface area contributed by atoms with Gasteiger partial charge in [0, 0.05) is 19.3 Å². The molecule has 17 heavy (non-hydrogen) atoms. The van der Waals surface area contributed by atoms with Crippen LogP contribution in [-0.2, 0) is 4.74 Å². The minimum absolute atomic E-state index is 0.176. The molecule has 5 nitrogen and oxygen atoms in total. The lowest BCUT2D eigenvalue weighted by Crippen LogP contribution is -2.55. The molecule has 2 aliphatic heterocycles. The van der Waals surface area contributed by atoms with Gasteiger partial charge in [0.25, 0.3) is 0 Å². The quantitative estimate of drug-likeness (QED) is 0.815. The van der Waals surface area contributed by atoms with Crippen LogP contribution in [0, 0.1) is 0 Å². The number of alkyl halides is 1. The van der Waals surface area contributed by atoms with Gasteiger partial charge in [-0.1, -0.05) is 0 Å². The number of anilines is 1. The lowest BCUT2D eigenvalue weighted by Gasteiger charge is -2.42. The summed E-state index contributed by atoms with van der Waals surface area (Å²) in [5.41, 5.74) is 6.19. The number of nitrogens with two attached hydrogens (primary N) is 1. The molecule has 2 atom stereocenters. The van der Waals surface area contributed by atoms with E-state index in [1.165, 1.54) is 0 Å². The molecule has 2 aliphatic rings. The third-order valence-corrected chi connectivity index (χ3v) is 3.64. The van der Waals surface area contributed by atoms with Crippen molar-refractivity contribution in [2.75, 3.05) is 32.0 Å². The molecule has 2 fully saturated rings. The molecule has 0 radical (unpaired) electrons. The maximum Gasteiger partial charge on any atom is 0.135 e. The van der Waals surface area contributed by atoms with Crippen LogP contribution in [0.1, 0.15) is 12.5 Å². The molecule has 0 spiro atoms. The standard InChI is InChI=1S/C11H17FN4O/c12-10-5-15(9-6-17-7-9)2-1-11(10)16-4-8(13)3-14-16/h3-4,9-11H,1-2,5-7,13H2. The lowest BCUT2D eigenvalue weighted by atomic mass is 10.0. The Kier molecular flexibility index (Phi) is 2.76. The summed E-state index contributed by atoms with van der Waals surface area (Å²) in [4.78, 5) is 2.18. The monoisotopic (exact) mass is 240 g/mol. The molecule has 1 aromatic heterocycles. The molecule has 1 aromatic rings. The maximum atomic E-state index is 14.1. The summed E-state index contributed by atoms with van der Waals surface area (Å²) in [7, 11) is 0. The Labute approximate surface area is 99.3 Å². The predicted molar refractivity (Wildman–Crippen MR) is 61.4 cm³/mol. The number of likely N-dealkylation sites (tertiary alicyclic amines) is 1. The van der Waals surface area contributed by atoms with Crippen molar-refractivity contribution in [3.05, 3.63) is 12.4 Å². The van der Waals surface area contributed by atoms with E-state index in [0.717, 1.165) is 26.2 Å². The number of aromatic nitrogens is 2. The topological polar surface area (TPSA) is 56.3 Å². The largest absolute Gasteiger partial charge is 0.396 e. The minimum Gasteiger partial charge on any atom is -0.396 e. The molecule has 0 saturated carbocycles. The summed E-state index contributed by atoms with van der Waals surface area (Å²) >= 11 is 0. The number of hydrogen-bond acceptors (Lipinski definition) is 4. The molecule has 0 aromatic carbocycles. The van der Waals surface area contributed by atoms with Gasteiger partial charge in [0.05, 0.1) is 37.2 Å². The number of rotatable bonds is 2. The molecule has 0 bridgehead atoms. The third-order valence-electron chi connectivity index (χ3n) is 3.64. The number of ether oxygens (including phenoxy) is 1. The Bertz CT molecular complexity index is 393. The first-order chi connectivity index (χ1) is 8.24. The Morgan fingerprint density at radius 3 is 2.82 bits per heavy atom. The van der Waals surface area contributed by atoms with Crippen LogP contribution in [0.5, 0.6) is 0 Å². The van der Waals surface area contributed by atoms with Crippen molar-refractivity contribution in [1.82, 2.24) is 14.7 Å². The van der Waals surface area contributed by atoms with Crippen molar-refractivity contribution >= 4 is 5.69 Å². The van der Waals surface area contributed by atoms with E-state index in [9.17, 15) is 4.39 Å². The highest BCUT2D eigenvalue weighted by Gasteiger charge is 2.36. The number of piperidine rings is 1. The van der Waals surface area contributed by atoms with Crippen molar-refractivity contribution in [3.63, 3.8) is 0 Å². The molecule has 2 unspecified atom stereocenters. The fourth-order valence-electron chi connectivity index (χ4n) is 2.51. The summed E-state index contributed by atoms with van der Waals surface area (Å²) in [6, 6.07) is 0.237. The smallest absolute Gasteiger partial charge is 0.135 e. The molecular formula is C11H17FN4O. The van der Waals surface area contributed by atoms with Crippen LogP contribution >= 0.6 is 0 Å². The number of hydrogen-bond donors (Lipinski definition) is 1. The van der Waals surface area contributed by atoms with Gasteiger partial charge in [0.2, 0.25) is 0 Å². The molecule has 3 rings (SSSR count). The SMILES string of the molecule is Nc1cnn(C2CCN(C3COC3)CC2F)c1. The average molecular weight is 240 g/mol. The van der Waals surface area contributed by atoms with Gasteiger partial charge >= 0.3 is 0 Å². The minimum atomic E-state index is -0.886. The normalized spacial score (nSPS) is 31.4. The van der Waals surface area contributed by atoms with E-state index in [2.05, 4.69) is 10.00 Å². The third kappa shape index (κ3) is 2.02. The molecule has 2 N–H and O–H groups in total. The summed E-state index contributed by atoms with van der Waals surface area (Å²) in [6.45, 7) is 2.86. The molecular weight excluding hydrogens is 223 g/mol. The zero-order valence-corrected chi connectivity index (χ0v) is 9.63. The first-order valence-corrected chi connectivity index (χ1v) is 5.99. The average Bonchev–Trinajstić information content (AvgIpc) is 2.62. The molecule has 2 saturated heterocycles. The van der Waals surface area contributed by atoms with E-state index in [0.29, 0.717) is 18.3 Å². The Balaban J connectivity index is 1.65. The van der Waals surface area contributed by atoms with Gasteiger partial charge in [-0.05, 0) is 6.42 Å². The van der Waals surface area contributed by atoms with Gasteiger partial charge < -0.3 is 10.5 Å². The van der Waals surface area contributed by atoms with E-state index >= 15 is 0 Å². The van der Waals surface area contributed by atoms with Crippen molar-refractivity contribution in [3.8, 4) is 0 Å². The van der Waals surface area contributed by atoms with E-state index in [1.54, 1.807) is 17.1 Å². The van der Waals surface area contributed by atoms with Crippen molar-refractivity contribution in [2.24, 2.45) is 0 Å². The van der Waals surface area contributed by atoms with Crippen LogP contribution in [0.15, 0.2) is 12.4 Å². The second-order valence-electron chi connectivity index (χ2n) is 4.81. The lowest BCUT2D eigenvalue weighted by molar-refractivity contribution is -0.0847. The van der Waals surface area contributed by atoms with E-state index in [-0.39, 0.29) is 6.04 Å². The number of halogens is 1. The molecule has 0 aliphatic carbocycles. The summed E-state index contributed by atoms with van der Waals surface area (Å²) < 4.78 is 20.9. The van der Waals surface area contributed by atoms with Crippen LogP contribution in [0.4, 0.5) is 10.1 Å². The Hall–Kier alpha value is -1.14. The van der Waals surface area contributed by atoms with Crippen molar-refractivity contribution in [2.45, 2.75) is 24.7 Å². The Morgan fingerprint density at radius 1 is 1.47 bits per heavy atom. The van der Waals surface area contributed by atoms with Gasteiger partial charge in [-0.15, -0.1) is 0 Å². The van der Waals surface area contributed by atoms with E-state index < -0.39 is 6.17 Å². The van der Waals surface area contributed by atoms with Gasteiger partial charge in [-0.3, -0.25) is 9.58 Å². The van der Waals surface area contributed by atoms with Crippen LogP contribution in [-0.4, -0.2) is 53.2 Å². The maximum absolute atomic E-state index is 14.1. The first-order valence-electron chi connectivity index (χ1n) is 5.99. The highest BCUT2D eigenvalue weighted by Crippen LogP contribution is 2.27. The fourth-order valence-corrected chi connectivity index (χ4v) is 2.51. The van der Waals surface area contributed by atoms with Crippen LogP contribution < -0.4 is 5.73 Å². The van der Waals surface area contributed by atoms with Gasteiger partial charge in [-0.25, -0.2) is 4.39 Å². The number of nitrogen functional groups attached to an aromatic ring is 1. The van der Waals surface area contributed by atoms with Crippen LogP contribution in [0.3, 0.4) is 0 Å². The van der Waals surface area contributed by atoms with E-state index in [4.69, 9.17) is 10.5 Å². The van der Waals surface area contributed by atoms with Gasteiger partial charge in [0.1, 0.15) is 6.17 Å². The molecule has 6 heteroatoms. The van der Waals surface area contributed by atoms with Gasteiger partial charge in [-0.2, -0.15) is 5.10 Å². The summed E-state index contributed by atoms with van der Waals surface area (Å²) in [5.74, 6) is 0. The van der Waals surface area contributed by atoms with E-state index in [1.807, 2.05) is 0 Å². The highest BCUT2D eigenvalue weighted by molar-refractivity contribution is 5.30.